The molecule has 3 aromatic rings. The van der Waals surface area contributed by atoms with E-state index in [4.69, 9.17) is 0 Å². The van der Waals surface area contributed by atoms with Gasteiger partial charge in [0.05, 0.1) is 12.2 Å². The number of rotatable bonds is 5. The van der Waals surface area contributed by atoms with Gasteiger partial charge in [-0.1, -0.05) is 29.8 Å². The highest BCUT2D eigenvalue weighted by atomic mass is 19.1. The summed E-state index contributed by atoms with van der Waals surface area (Å²) in [6.07, 6.45) is 3.00. The van der Waals surface area contributed by atoms with Gasteiger partial charge in [0.25, 0.3) is 11.8 Å². The lowest BCUT2D eigenvalue weighted by Gasteiger charge is -2.06. The van der Waals surface area contributed by atoms with Gasteiger partial charge in [-0.15, -0.1) is 0 Å². The van der Waals surface area contributed by atoms with Crippen LogP contribution in [-0.2, 0) is 11.3 Å². The molecule has 0 radical (unpaired) electrons. The maximum atomic E-state index is 12.9. The van der Waals surface area contributed by atoms with Gasteiger partial charge in [-0.25, -0.2) is 4.39 Å². The highest BCUT2D eigenvalue weighted by molar-refractivity contribution is 5.97. The van der Waals surface area contributed by atoms with Crippen LogP contribution in [0, 0.1) is 26.6 Å². The summed E-state index contributed by atoms with van der Waals surface area (Å²) in [6, 6.07) is 13.3. The Balaban J connectivity index is 1.61. The molecule has 0 saturated carbocycles. The zero-order valence-corrected chi connectivity index (χ0v) is 17.1. The standard InChI is InChI=1S/C23H23FN4O2/c1-15-4-6-18(7-5-15)14-28-17(3)21(16(2)27-28)12-13-22(29)25-26-23(30)19-8-10-20(24)11-9-19/h4-13H,14H2,1-3H3,(H,25,29)(H,26,30)/b13-12+. The van der Waals surface area contributed by atoms with Gasteiger partial charge in [0.15, 0.2) is 0 Å². The van der Waals surface area contributed by atoms with Crippen molar-refractivity contribution < 1.29 is 14.0 Å². The second-order valence-corrected chi connectivity index (χ2v) is 7.01. The van der Waals surface area contributed by atoms with Crippen LogP contribution < -0.4 is 10.9 Å². The lowest BCUT2D eigenvalue weighted by Crippen LogP contribution is -2.40. The smallest absolute Gasteiger partial charge is 0.268 e. The molecule has 0 aliphatic heterocycles. The van der Waals surface area contributed by atoms with E-state index in [2.05, 4.69) is 40.2 Å². The first kappa shape index (κ1) is 21.0. The summed E-state index contributed by atoms with van der Waals surface area (Å²) in [5, 5.41) is 4.56. The lowest BCUT2D eigenvalue weighted by molar-refractivity contribution is -0.117. The van der Waals surface area contributed by atoms with Crippen molar-refractivity contribution in [1.82, 2.24) is 20.6 Å². The number of aromatic nitrogens is 2. The van der Waals surface area contributed by atoms with Crippen molar-refractivity contribution >= 4 is 17.9 Å². The Labute approximate surface area is 174 Å². The molecule has 3 rings (SSSR count). The van der Waals surface area contributed by atoms with Crippen molar-refractivity contribution in [1.29, 1.82) is 0 Å². The average molecular weight is 406 g/mol. The average Bonchev–Trinajstić information content (AvgIpc) is 2.99. The van der Waals surface area contributed by atoms with Crippen molar-refractivity contribution in [3.8, 4) is 0 Å². The van der Waals surface area contributed by atoms with E-state index in [0.717, 1.165) is 22.5 Å². The maximum absolute atomic E-state index is 12.9. The largest absolute Gasteiger partial charge is 0.269 e. The molecule has 0 saturated heterocycles. The molecule has 0 atom stereocenters. The number of hydrazine groups is 1. The van der Waals surface area contributed by atoms with E-state index in [0.29, 0.717) is 6.54 Å². The summed E-state index contributed by atoms with van der Waals surface area (Å²) in [5.74, 6) is -1.46. The second kappa shape index (κ2) is 9.17. The summed E-state index contributed by atoms with van der Waals surface area (Å²) >= 11 is 0. The number of halogens is 1. The molecule has 2 N–H and O–H groups in total. The van der Waals surface area contributed by atoms with Crippen LogP contribution in [0.4, 0.5) is 4.39 Å². The first-order valence-corrected chi connectivity index (χ1v) is 9.47. The van der Waals surface area contributed by atoms with E-state index in [1.807, 2.05) is 25.5 Å². The van der Waals surface area contributed by atoms with Gasteiger partial charge >= 0.3 is 0 Å². The van der Waals surface area contributed by atoms with Gasteiger partial charge in [0.2, 0.25) is 0 Å². The second-order valence-electron chi connectivity index (χ2n) is 7.01. The molecule has 0 spiro atoms. The van der Waals surface area contributed by atoms with Crippen LogP contribution in [0.25, 0.3) is 6.08 Å². The summed E-state index contributed by atoms with van der Waals surface area (Å²) in [6.45, 7) is 6.51. The van der Waals surface area contributed by atoms with Crippen molar-refractivity contribution in [2.45, 2.75) is 27.3 Å². The first-order chi connectivity index (χ1) is 14.3. The first-order valence-electron chi connectivity index (χ1n) is 9.47. The van der Waals surface area contributed by atoms with Crippen molar-refractivity contribution in [3.63, 3.8) is 0 Å². The Hall–Kier alpha value is -3.74. The molecule has 7 heteroatoms. The topological polar surface area (TPSA) is 76.0 Å². The molecule has 30 heavy (non-hydrogen) atoms. The molecule has 1 aromatic heterocycles. The van der Waals surface area contributed by atoms with E-state index in [9.17, 15) is 14.0 Å². The number of aryl methyl sites for hydroxylation is 2. The molecule has 154 valence electrons. The van der Waals surface area contributed by atoms with Crippen LogP contribution in [0.5, 0.6) is 0 Å². The quantitative estimate of drug-likeness (QED) is 0.503. The molecular weight excluding hydrogens is 383 g/mol. The Morgan fingerprint density at radius 1 is 1.00 bits per heavy atom. The molecule has 0 aliphatic rings. The fourth-order valence-electron chi connectivity index (χ4n) is 2.96. The Bertz CT molecular complexity index is 1080. The number of carbonyl (C=O) groups is 2. The zero-order chi connectivity index (χ0) is 21.7. The lowest BCUT2D eigenvalue weighted by atomic mass is 10.1. The Kier molecular flexibility index (Phi) is 6.41. The molecule has 0 aliphatic carbocycles. The summed E-state index contributed by atoms with van der Waals surface area (Å²) in [4.78, 5) is 24.0. The van der Waals surface area contributed by atoms with Gasteiger partial charge in [-0.05, 0) is 56.7 Å². The number of carbonyl (C=O) groups excluding carboxylic acids is 2. The molecule has 6 nitrogen and oxygen atoms in total. The third kappa shape index (κ3) is 5.20. The van der Waals surface area contributed by atoms with Crippen LogP contribution in [-0.4, -0.2) is 21.6 Å². The monoisotopic (exact) mass is 406 g/mol. The molecule has 1 heterocycles. The zero-order valence-electron chi connectivity index (χ0n) is 17.1. The number of nitrogens with one attached hydrogen (secondary N) is 2. The van der Waals surface area contributed by atoms with Crippen molar-refractivity contribution in [2.24, 2.45) is 0 Å². The number of hydrogen-bond donors (Lipinski definition) is 2. The summed E-state index contributed by atoms with van der Waals surface area (Å²) in [5.41, 5.74) is 9.78. The minimum absolute atomic E-state index is 0.241. The van der Waals surface area contributed by atoms with Gasteiger partial charge < -0.3 is 0 Å². The minimum Gasteiger partial charge on any atom is -0.268 e. The van der Waals surface area contributed by atoms with Gasteiger partial charge in [-0.2, -0.15) is 5.10 Å². The Morgan fingerprint density at radius 2 is 1.67 bits per heavy atom. The molecule has 2 amide bonds. The predicted octanol–water partition coefficient (Wildman–Crippen LogP) is 3.47. The van der Waals surface area contributed by atoms with Crippen molar-refractivity contribution in [2.75, 3.05) is 0 Å². The fourth-order valence-corrected chi connectivity index (χ4v) is 2.96. The van der Waals surface area contributed by atoms with E-state index in [1.54, 1.807) is 6.08 Å². The molecule has 2 aromatic carbocycles. The van der Waals surface area contributed by atoms with E-state index >= 15 is 0 Å². The van der Waals surface area contributed by atoms with Crippen molar-refractivity contribution in [3.05, 3.63) is 94.1 Å². The highest BCUT2D eigenvalue weighted by Gasteiger charge is 2.11. The number of hydrogen-bond acceptors (Lipinski definition) is 3. The summed E-state index contributed by atoms with van der Waals surface area (Å²) in [7, 11) is 0. The minimum atomic E-state index is -0.532. The van der Waals surface area contributed by atoms with E-state index in [-0.39, 0.29) is 5.56 Å². The Morgan fingerprint density at radius 3 is 2.33 bits per heavy atom. The van der Waals surface area contributed by atoms with Crippen LogP contribution >= 0.6 is 0 Å². The van der Waals surface area contributed by atoms with Gasteiger partial charge in [0.1, 0.15) is 5.82 Å². The third-order valence-electron chi connectivity index (χ3n) is 4.70. The summed E-state index contributed by atoms with van der Waals surface area (Å²) < 4.78 is 14.8. The highest BCUT2D eigenvalue weighted by Crippen LogP contribution is 2.16. The number of amides is 2. The normalized spacial score (nSPS) is 10.9. The van der Waals surface area contributed by atoms with Crippen LogP contribution in [0.15, 0.2) is 54.6 Å². The van der Waals surface area contributed by atoms with Gasteiger partial charge in [-0.3, -0.25) is 25.1 Å². The predicted molar refractivity (Wildman–Crippen MR) is 113 cm³/mol. The van der Waals surface area contributed by atoms with E-state index < -0.39 is 17.6 Å². The SMILES string of the molecule is Cc1ccc(Cn2nc(C)c(/C=C/C(=O)NNC(=O)c3ccc(F)cc3)c2C)cc1. The van der Waals surface area contributed by atoms with Crippen LogP contribution in [0.3, 0.4) is 0 Å². The molecule has 0 bridgehead atoms. The fraction of sp³-hybridized carbons (Fsp3) is 0.174. The molecule has 0 unspecified atom stereocenters. The number of benzene rings is 2. The van der Waals surface area contributed by atoms with Crippen LogP contribution in [0.2, 0.25) is 0 Å². The van der Waals surface area contributed by atoms with Gasteiger partial charge in [0, 0.05) is 22.9 Å². The molecular formula is C23H23FN4O2. The third-order valence-corrected chi connectivity index (χ3v) is 4.70. The maximum Gasteiger partial charge on any atom is 0.269 e. The van der Waals surface area contributed by atoms with E-state index in [1.165, 1.54) is 35.9 Å². The number of nitrogens with zero attached hydrogens (tertiary/aromatic N) is 2. The molecule has 0 fully saturated rings. The van der Waals surface area contributed by atoms with Crippen LogP contribution in [0.1, 0.15) is 38.4 Å².